The fourth-order valence-corrected chi connectivity index (χ4v) is 4.08. The van der Waals surface area contributed by atoms with Crippen molar-refractivity contribution in [1.82, 2.24) is 0 Å². The van der Waals surface area contributed by atoms with Crippen LogP contribution in [0.1, 0.15) is 37.8 Å². The Morgan fingerprint density at radius 1 is 1.50 bits per heavy atom. The van der Waals surface area contributed by atoms with Gasteiger partial charge in [-0.1, -0.05) is 19.8 Å². The molecule has 1 heterocycles. The summed E-state index contributed by atoms with van der Waals surface area (Å²) in [4.78, 5) is 0. The van der Waals surface area contributed by atoms with Crippen LogP contribution in [0.5, 0.6) is 0 Å². The summed E-state index contributed by atoms with van der Waals surface area (Å²) in [5.41, 5.74) is 7.61. The zero-order valence-corrected chi connectivity index (χ0v) is 10.8. The van der Waals surface area contributed by atoms with Crippen LogP contribution in [0, 0.1) is 11.8 Å². The van der Waals surface area contributed by atoms with Crippen LogP contribution in [-0.2, 0) is 0 Å². The van der Waals surface area contributed by atoms with Crippen LogP contribution in [0.25, 0.3) is 0 Å². The molecule has 3 heteroatoms. The average Bonchev–Trinajstić information content (AvgIpc) is 2.73. The molecule has 0 bridgehead atoms. The second kappa shape index (κ2) is 4.33. The minimum atomic E-state index is 0.230. The SMILES string of the molecule is CC1CCCC1C(N)c1cscc1Br. The number of hydrogen-bond donors (Lipinski definition) is 1. The van der Waals surface area contributed by atoms with Crippen LogP contribution in [0.3, 0.4) is 0 Å². The quantitative estimate of drug-likeness (QED) is 0.868. The molecule has 3 atom stereocenters. The summed E-state index contributed by atoms with van der Waals surface area (Å²) in [6, 6.07) is 0.230. The second-order valence-electron chi connectivity index (χ2n) is 4.27. The van der Waals surface area contributed by atoms with Crippen LogP contribution in [0.2, 0.25) is 0 Å². The molecule has 1 aliphatic rings. The van der Waals surface area contributed by atoms with E-state index in [1.807, 2.05) is 0 Å². The number of hydrogen-bond acceptors (Lipinski definition) is 2. The lowest BCUT2D eigenvalue weighted by atomic mass is 9.88. The van der Waals surface area contributed by atoms with Gasteiger partial charge in [0.1, 0.15) is 0 Å². The van der Waals surface area contributed by atoms with Crippen molar-refractivity contribution >= 4 is 27.3 Å². The van der Waals surface area contributed by atoms with Crippen molar-refractivity contribution in [3.05, 3.63) is 20.8 Å². The van der Waals surface area contributed by atoms with Crippen molar-refractivity contribution in [2.75, 3.05) is 0 Å². The molecule has 1 saturated carbocycles. The van der Waals surface area contributed by atoms with Crippen LogP contribution in [0.4, 0.5) is 0 Å². The van der Waals surface area contributed by atoms with Crippen LogP contribution < -0.4 is 5.73 Å². The fraction of sp³-hybridized carbons (Fsp3) is 0.636. The lowest BCUT2D eigenvalue weighted by molar-refractivity contribution is 0.351. The first-order valence-corrected chi connectivity index (χ1v) is 6.91. The number of nitrogens with two attached hydrogens (primary N) is 1. The molecule has 78 valence electrons. The third-order valence-corrected chi connectivity index (χ3v) is 5.14. The zero-order chi connectivity index (χ0) is 10.1. The molecule has 0 radical (unpaired) electrons. The summed E-state index contributed by atoms with van der Waals surface area (Å²) >= 11 is 5.29. The Morgan fingerprint density at radius 3 is 2.79 bits per heavy atom. The third-order valence-electron chi connectivity index (χ3n) is 3.39. The minimum absolute atomic E-state index is 0.230. The topological polar surface area (TPSA) is 26.0 Å². The van der Waals surface area contributed by atoms with Gasteiger partial charge in [0.2, 0.25) is 0 Å². The van der Waals surface area contributed by atoms with Gasteiger partial charge in [-0.2, -0.15) is 11.3 Å². The summed E-state index contributed by atoms with van der Waals surface area (Å²) in [7, 11) is 0. The smallest absolute Gasteiger partial charge is 0.0345 e. The molecular weight excluding hydrogens is 258 g/mol. The molecule has 3 unspecified atom stereocenters. The minimum Gasteiger partial charge on any atom is -0.324 e. The van der Waals surface area contributed by atoms with Gasteiger partial charge >= 0.3 is 0 Å². The summed E-state index contributed by atoms with van der Waals surface area (Å²) in [5.74, 6) is 1.47. The van der Waals surface area contributed by atoms with E-state index < -0.39 is 0 Å². The van der Waals surface area contributed by atoms with Gasteiger partial charge in [0, 0.05) is 15.9 Å². The van der Waals surface area contributed by atoms with Gasteiger partial charge in [-0.15, -0.1) is 0 Å². The van der Waals surface area contributed by atoms with Gasteiger partial charge < -0.3 is 5.73 Å². The highest BCUT2D eigenvalue weighted by Crippen LogP contribution is 2.41. The Morgan fingerprint density at radius 2 is 2.29 bits per heavy atom. The maximum atomic E-state index is 6.31. The summed E-state index contributed by atoms with van der Waals surface area (Å²) in [6.45, 7) is 2.33. The fourth-order valence-electron chi connectivity index (χ4n) is 2.47. The van der Waals surface area contributed by atoms with Gasteiger partial charge in [-0.05, 0) is 45.1 Å². The maximum absolute atomic E-state index is 6.31. The Bertz CT molecular complexity index is 310. The van der Waals surface area contributed by atoms with Crippen molar-refractivity contribution in [3.63, 3.8) is 0 Å². The molecule has 1 aromatic rings. The number of rotatable bonds is 2. The number of thiophene rings is 1. The monoisotopic (exact) mass is 273 g/mol. The van der Waals surface area contributed by atoms with E-state index in [4.69, 9.17) is 5.73 Å². The molecular formula is C11H16BrNS. The highest BCUT2D eigenvalue weighted by molar-refractivity contribution is 9.10. The summed E-state index contributed by atoms with van der Waals surface area (Å²) < 4.78 is 1.19. The molecule has 0 amide bonds. The van der Waals surface area contributed by atoms with Gasteiger partial charge in [0.05, 0.1) is 0 Å². The van der Waals surface area contributed by atoms with Gasteiger partial charge in [-0.25, -0.2) is 0 Å². The Kier molecular flexibility index (Phi) is 3.30. The zero-order valence-electron chi connectivity index (χ0n) is 8.37. The largest absolute Gasteiger partial charge is 0.324 e. The predicted molar refractivity (Wildman–Crippen MR) is 65.5 cm³/mol. The molecule has 2 rings (SSSR count). The van der Waals surface area contributed by atoms with E-state index in [0.717, 1.165) is 5.92 Å². The first-order valence-electron chi connectivity index (χ1n) is 5.17. The molecule has 1 nitrogen and oxygen atoms in total. The first kappa shape index (κ1) is 10.7. The third kappa shape index (κ3) is 1.90. The Labute approximate surface area is 97.8 Å². The molecule has 2 N–H and O–H groups in total. The molecule has 1 fully saturated rings. The van der Waals surface area contributed by atoms with Crippen LogP contribution in [-0.4, -0.2) is 0 Å². The molecule has 0 aromatic carbocycles. The van der Waals surface area contributed by atoms with Crippen LogP contribution in [0.15, 0.2) is 15.2 Å². The molecule has 0 spiro atoms. The van der Waals surface area contributed by atoms with Gasteiger partial charge in [0.25, 0.3) is 0 Å². The predicted octanol–water partition coefficient (Wildman–Crippen LogP) is 3.95. The van der Waals surface area contributed by atoms with Crippen molar-refractivity contribution in [1.29, 1.82) is 0 Å². The summed E-state index contributed by atoms with van der Waals surface area (Å²) in [5, 5.41) is 4.30. The van der Waals surface area contributed by atoms with E-state index in [2.05, 4.69) is 33.6 Å². The van der Waals surface area contributed by atoms with Gasteiger partial charge in [-0.3, -0.25) is 0 Å². The van der Waals surface area contributed by atoms with Gasteiger partial charge in [0.15, 0.2) is 0 Å². The van der Waals surface area contributed by atoms with E-state index in [9.17, 15) is 0 Å². The molecule has 0 aliphatic heterocycles. The first-order chi connectivity index (χ1) is 6.70. The lowest BCUT2D eigenvalue weighted by Gasteiger charge is -2.23. The Hall–Kier alpha value is 0.140. The summed E-state index contributed by atoms with van der Waals surface area (Å²) in [6.07, 6.45) is 3.99. The normalized spacial score (nSPS) is 29.4. The molecule has 1 aliphatic carbocycles. The van der Waals surface area contributed by atoms with Crippen molar-refractivity contribution in [3.8, 4) is 0 Å². The second-order valence-corrected chi connectivity index (χ2v) is 5.87. The lowest BCUT2D eigenvalue weighted by Crippen LogP contribution is -2.23. The average molecular weight is 274 g/mol. The highest BCUT2D eigenvalue weighted by atomic mass is 79.9. The van der Waals surface area contributed by atoms with E-state index in [-0.39, 0.29) is 6.04 Å². The van der Waals surface area contributed by atoms with E-state index in [1.165, 1.54) is 29.3 Å². The Balaban J connectivity index is 2.15. The number of halogens is 1. The molecule has 1 aromatic heterocycles. The van der Waals surface area contributed by atoms with Crippen molar-refractivity contribution in [2.24, 2.45) is 17.6 Å². The van der Waals surface area contributed by atoms with Crippen LogP contribution >= 0.6 is 27.3 Å². The highest BCUT2D eigenvalue weighted by Gasteiger charge is 2.30. The van der Waals surface area contributed by atoms with Crippen molar-refractivity contribution < 1.29 is 0 Å². The standard InChI is InChI=1S/C11H16BrNS/c1-7-3-2-4-8(7)11(13)9-5-14-6-10(9)12/h5-8,11H,2-4,13H2,1H3. The molecule has 14 heavy (non-hydrogen) atoms. The molecule has 0 saturated heterocycles. The van der Waals surface area contributed by atoms with E-state index in [1.54, 1.807) is 11.3 Å². The van der Waals surface area contributed by atoms with E-state index >= 15 is 0 Å². The maximum Gasteiger partial charge on any atom is 0.0345 e. The van der Waals surface area contributed by atoms with E-state index in [0.29, 0.717) is 5.92 Å². The van der Waals surface area contributed by atoms with Crippen molar-refractivity contribution in [2.45, 2.75) is 32.2 Å².